The zero-order chi connectivity index (χ0) is 14.4. The highest BCUT2D eigenvalue weighted by molar-refractivity contribution is 7.99. The number of carbonyl (C=O) groups excluding carboxylic acids is 2. The Morgan fingerprint density at radius 3 is 1.68 bits per heavy atom. The molecule has 0 saturated heterocycles. The van der Waals surface area contributed by atoms with Gasteiger partial charge in [-0.2, -0.15) is 22.0 Å². The van der Waals surface area contributed by atoms with Gasteiger partial charge in [-0.25, -0.2) is 4.31 Å². The lowest BCUT2D eigenvalue weighted by Gasteiger charge is -2.22. The number of hydrogen-bond donors (Lipinski definition) is 0. The van der Waals surface area contributed by atoms with Crippen LogP contribution in [0.2, 0.25) is 0 Å². The molecule has 19 heavy (non-hydrogen) atoms. The van der Waals surface area contributed by atoms with Crippen LogP contribution < -0.4 is 0 Å². The normalized spacial score (nSPS) is 15.9. The Labute approximate surface area is 107 Å². The molecule has 1 aromatic carbocycles. The second-order valence-corrected chi connectivity index (χ2v) is 4.62. The van der Waals surface area contributed by atoms with E-state index in [1.54, 1.807) is 0 Å². The van der Waals surface area contributed by atoms with E-state index in [2.05, 4.69) is 0 Å². The molecule has 0 spiro atoms. The average molecular weight is 297 g/mol. The first-order chi connectivity index (χ1) is 8.65. The van der Waals surface area contributed by atoms with Crippen LogP contribution in [0.1, 0.15) is 20.7 Å². The number of imide groups is 1. The highest BCUT2D eigenvalue weighted by atomic mass is 32.2. The number of amides is 2. The smallest absolute Gasteiger partial charge is 0.268 e. The van der Waals surface area contributed by atoms with Crippen LogP contribution in [-0.2, 0) is 0 Å². The lowest BCUT2D eigenvalue weighted by Crippen LogP contribution is -2.38. The lowest BCUT2D eigenvalue weighted by molar-refractivity contribution is -0.238. The average Bonchev–Trinajstić information content (AvgIpc) is 2.54. The van der Waals surface area contributed by atoms with Crippen molar-refractivity contribution in [2.24, 2.45) is 0 Å². The van der Waals surface area contributed by atoms with E-state index < -0.39 is 35.2 Å². The van der Waals surface area contributed by atoms with Crippen molar-refractivity contribution in [3.63, 3.8) is 0 Å². The topological polar surface area (TPSA) is 37.4 Å². The number of carbonyl (C=O) groups is 2. The van der Waals surface area contributed by atoms with Crippen molar-refractivity contribution < 1.29 is 31.5 Å². The van der Waals surface area contributed by atoms with Gasteiger partial charge in [0.2, 0.25) is 0 Å². The summed E-state index contributed by atoms with van der Waals surface area (Å²) < 4.78 is 61.7. The molecule has 0 radical (unpaired) electrons. The van der Waals surface area contributed by atoms with Crippen LogP contribution in [0.3, 0.4) is 0 Å². The SMILES string of the molecule is O=C1c2ccccc2C(=O)N1SC(F)(F)C(F)(F)F. The van der Waals surface area contributed by atoms with E-state index in [-0.39, 0.29) is 15.4 Å². The van der Waals surface area contributed by atoms with Crippen LogP contribution in [-0.4, -0.2) is 27.6 Å². The third kappa shape index (κ3) is 2.18. The van der Waals surface area contributed by atoms with Gasteiger partial charge in [0.25, 0.3) is 11.8 Å². The van der Waals surface area contributed by atoms with Gasteiger partial charge in [-0.1, -0.05) is 12.1 Å². The summed E-state index contributed by atoms with van der Waals surface area (Å²) in [5.41, 5.74) is -0.393. The van der Waals surface area contributed by atoms with Gasteiger partial charge in [-0.3, -0.25) is 9.59 Å². The summed E-state index contributed by atoms with van der Waals surface area (Å²) in [6.07, 6.45) is -5.85. The Balaban J connectivity index is 2.31. The Bertz CT molecular complexity index is 522. The van der Waals surface area contributed by atoms with E-state index in [9.17, 15) is 31.5 Å². The van der Waals surface area contributed by atoms with E-state index in [1.165, 1.54) is 24.3 Å². The first-order valence-electron chi connectivity index (χ1n) is 4.76. The summed E-state index contributed by atoms with van der Waals surface area (Å²) >= 11 is -1.13. The van der Waals surface area contributed by atoms with Crippen LogP contribution in [0.5, 0.6) is 0 Å². The number of alkyl halides is 5. The van der Waals surface area contributed by atoms with E-state index >= 15 is 0 Å². The van der Waals surface area contributed by atoms with Crippen LogP contribution >= 0.6 is 11.9 Å². The molecule has 1 aliphatic rings. The van der Waals surface area contributed by atoms with Crippen molar-refractivity contribution in [1.82, 2.24) is 4.31 Å². The maximum Gasteiger partial charge on any atom is 0.465 e. The maximum atomic E-state index is 12.8. The first kappa shape index (κ1) is 13.8. The summed E-state index contributed by atoms with van der Waals surface area (Å²) in [5.74, 6) is -2.37. The van der Waals surface area contributed by atoms with Crippen LogP contribution in [0, 0.1) is 0 Å². The molecule has 1 aromatic rings. The predicted octanol–water partition coefficient (Wildman–Crippen LogP) is 3.09. The zero-order valence-electron chi connectivity index (χ0n) is 8.87. The number of benzene rings is 1. The fourth-order valence-corrected chi connectivity index (χ4v) is 2.11. The van der Waals surface area contributed by atoms with E-state index in [4.69, 9.17) is 0 Å². The fraction of sp³-hybridized carbons (Fsp3) is 0.200. The highest BCUT2D eigenvalue weighted by Crippen LogP contribution is 2.47. The lowest BCUT2D eigenvalue weighted by atomic mass is 10.1. The van der Waals surface area contributed by atoms with Gasteiger partial charge in [0.15, 0.2) is 0 Å². The molecule has 0 atom stereocenters. The summed E-state index contributed by atoms with van der Waals surface area (Å²) in [6.45, 7) is 0. The third-order valence-electron chi connectivity index (χ3n) is 2.29. The minimum atomic E-state index is -5.85. The Kier molecular flexibility index (Phi) is 3.04. The molecule has 1 aliphatic heterocycles. The van der Waals surface area contributed by atoms with Gasteiger partial charge in [-0.05, 0) is 12.1 Å². The van der Waals surface area contributed by atoms with Gasteiger partial charge >= 0.3 is 11.4 Å². The number of nitrogens with zero attached hydrogens (tertiary/aromatic N) is 1. The molecule has 0 fully saturated rings. The van der Waals surface area contributed by atoms with Gasteiger partial charge in [-0.15, -0.1) is 0 Å². The molecule has 0 saturated carbocycles. The van der Waals surface area contributed by atoms with Gasteiger partial charge in [0.1, 0.15) is 0 Å². The fourth-order valence-electron chi connectivity index (χ4n) is 1.42. The molecular formula is C10H4F5NO2S. The second kappa shape index (κ2) is 4.19. The first-order valence-corrected chi connectivity index (χ1v) is 5.54. The Morgan fingerprint density at radius 2 is 1.32 bits per heavy atom. The van der Waals surface area contributed by atoms with Crippen molar-refractivity contribution in [3.05, 3.63) is 35.4 Å². The quantitative estimate of drug-likeness (QED) is 0.478. The Hall–Kier alpha value is -1.64. The summed E-state index contributed by atoms with van der Waals surface area (Å²) in [4.78, 5) is 23.2. The summed E-state index contributed by atoms with van der Waals surface area (Å²) in [7, 11) is 0. The monoisotopic (exact) mass is 297 g/mol. The molecule has 1 heterocycles. The Morgan fingerprint density at radius 1 is 0.895 bits per heavy atom. The van der Waals surface area contributed by atoms with Crippen LogP contribution in [0.15, 0.2) is 24.3 Å². The molecule has 0 bridgehead atoms. The maximum absolute atomic E-state index is 12.8. The third-order valence-corrected chi connectivity index (χ3v) is 3.27. The molecule has 102 valence electrons. The standard InChI is InChI=1S/C10H4F5NO2S/c11-9(12,13)10(14,15)19-16-7(17)5-3-1-2-4-6(5)8(16)18/h1-4H. The largest absolute Gasteiger partial charge is 0.465 e. The van der Waals surface area contributed by atoms with Gasteiger partial charge in [0.05, 0.1) is 11.1 Å². The molecule has 2 amide bonds. The molecule has 9 heteroatoms. The molecular weight excluding hydrogens is 293 g/mol. The molecule has 0 aliphatic carbocycles. The molecule has 0 aromatic heterocycles. The number of hydrogen-bond acceptors (Lipinski definition) is 3. The summed E-state index contributed by atoms with van der Waals surface area (Å²) in [5, 5.41) is -5.22. The zero-order valence-corrected chi connectivity index (χ0v) is 9.69. The summed E-state index contributed by atoms with van der Waals surface area (Å²) in [6, 6.07) is 5.11. The predicted molar refractivity (Wildman–Crippen MR) is 55.5 cm³/mol. The van der Waals surface area contributed by atoms with Gasteiger partial charge in [0, 0.05) is 11.9 Å². The highest BCUT2D eigenvalue weighted by Gasteiger charge is 2.61. The molecule has 0 N–H and O–H groups in total. The number of rotatable bonds is 2. The van der Waals surface area contributed by atoms with Crippen LogP contribution in [0.4, 0.5) is 22.0 Å². The van der Waals surface area contributed by atoms with Crippen molar-refractivity contribution in [2.75, 3.05) is 0 Å². The molecule has 3 nitrogen and oxygen atoms in total. The molecule has 0 unspecified atom stereocenters. The van der Waals surface area contributed by atoms with Crippen molar-refractivity contribution in [3.8, 4) is 0 Å². The van der Waals surface area contributed by atoms with E-state index in [0.717, 1.165) is 0 Å². The van der Waals surface area contributed by atoms with E-state index in [1.807, 2.05) is 0 Å². The number of fused-ring (bicyclic) bond motifs is 1. The second-order valence-electron chi connectivity index (χ2n) is 3.56. The van der Waals surface area contributed by atoms with Gasteiger partial charge < -0.3 is 0 Å². The van der Waals surface area contributed by atoms with Crippen molar-refractivity contribution in [1.29, 1.82) is 0 Å². The minimum Gasteiger partial charge on any atom is -0.268 e. The molecule has 2 rings (SSSR count). The minimum absolute atomic E-state index is 0.168. The van der Waals surface area contributed by atoms with E-state index in [0.29, 0.717) is 0 Å². The number of halogens is 5. The van der Waals surface area contributed by atoms with Crippen LogP contribution in [0.25, 0.3) is 0 Å². The van der Waals surface area contributed by atoms with Crippen molar-refractivity contribution in [2.45, 2.75) is 11.4 Å². The van der Waals surface area contributed by atoms with Crippen molar-refractivity contribution >= 4 is 23.8 Å².